The van der Waals surface area contributed by atoms with Crippen molar-refractivity contribution >= 4 is 29.3 Å². The molecule has 2 N–H and O–H groups in total. The van der Waals surface area contributed by atoms with Crippen molar-refractivity contribution in [2.45, 2.75) is 38.0 Å². The van der Waals surface area contributed by atoms with Crippen LogP contribution in [0.4, 0.5) is 5.69 Å². The van der Waals surface area contributed by atoms with E-state index in [4.69, 9.17) is 4.74 Å². The van der Waals surface area contributed by atoms with E-state index in [0.29, 0.717) is 29.0 Å². The van der Waals surface area contributed by atoms with Gasteiger partial charge < -0.3 is 19.9 Å². The van der Waals surface area contributed by atoms with E-state index in [1.807, 2.05) is 54.8 Å². The predicted molar refractivity (Wildman–Crippen MR) is 125 cm³/mol. The molecule has 8 nitrogen and oxygen atoms in total. The highest BCUT2D eigenvalue weighted by Crippen LogP contribution is 2.20. The fraction of sp³-hybridized carbons (Fsp3) is 0.304. The Morgan fingerprint density at radius 1 is 1.09 bits per heavy atom. The monoisotopic (exact) mass is 453 g/mol. The number of nitrogens with zero attached hydrogens (tertiary/aromatic N) is 3. The lowest BCUT2D eigenvalue weighted by atomic mass is 10.1. The summed E-state index contributed by atoms with van der Waals surface area (Å²) in [5.41, 5.74) is 1.70. The molecule has 168 valence electrons. The van der Waals surface area contributed by atoms with Gasteiger partial charge in [-0.2, -0.15) is 0 Å². The molecule has 2 amide bonds. The van der Waals surface area contributed by atoms with Gasteiger partial charge in [0.15, 0.2) is 5.16 Å². The normalized spacial score (nSPS) is 11.6. The summed E-state index contributed by atoms with van der Waals surface area (Å²) in [5.74, 6) is 1.14. The van der Waals surface area contributed by atoms with Crippen molar-refractivity contribution < 1.29 is 14.3 Å². The summed E-state index contributed by atoms with van der Waals surface area (Å²) in [6.07, 6.45) is 0.0792. The largest absolute Gasteiger partial charge is 0.497 e. The standard InChI is InChI=1S/C23H27N5O3S/c1-4-28-20(14-21(29)25-18-11-8-12-19(13-18)31-3)26-27-23(28)32-15-22(30)24-16(2)17-9-6-5-7-10-17/h5-13,16H,4,14-15H2,1-3H3,(H,24,30)(H,25,29). The molecule has 0 saturated carbocycles. The first-order valence-electron chi connectivity index (χ1n) is 10.3. The Labute approximate surface area is 191 Å². The van der Waals surface area contributed by atoms with E-state index in [1.54, 1.807) is 25.3 Å². The second-order valence-electron chi connectivity index (χ2n) is 7.09. The first-order chi connectivity index (χ1) is 15.5. The fourth-order valence-electron chi connectivity index (χ4n) is 3.16. The van der Waals surface area contributed by atoms with Gasteiger partial charge in [-0.25, -0.2) is 0 Å². The number of hydrogen-bond acceptors (Lipinski definition) is 6. The van der Waals surface area contributed by atoms with Crippen LogP contribution in [-0.4, -0.2) is 39.4 Å². The van der Waals surface area contributed by atoms with Gasteiger partial charge in [0.25, 0.3) is 0 Å². The smallest absolute Gasteiger partial charge is 0.232 e. The van der Waals surface area contributed by atoms with Crippen LogP contribution in [0.5, 0.6) is 5.75 Å². The molecule has 0 spiro atoms. The number of thioether (sulfide) groups is 1. The average Bonchev–Trinajstić information content (AvgIpc) is 3.19. The zero-order valence-electron chi connectivity index (χ0n) is 18.4. The number of benzene rings is 2. The van der Waals surface area contributed by atoms with E-state index in [1.165, 1.54) is 11.8 Å². The third-order valence-corrected chi connectivity index (χ3v) is 5.76. The number of carbonyl (C=O) groups is 2. The van der Waals surface area contributed by atoms with Crippen LogP contribution >= 0.6 is 11.8 Å². The van der Waals surface area contributed by atoms with Gasteiger partial charge in [0.2, 0.25) is 11.8 Å². The Kier molecular flexibility index (Phi) is 8.27. The number of hydrogen-bond donors (Lipinski definition) is 2. The number of rotatable bonds is 10. The molecule has 3 rings (SSSR count). The molecule has 1 unspecified atom stereocenters. The zero-order chi connectivity index (χ0) is 22.9. The summed E-state index contributed by atoms with van der Waals surface area (Å²) >= 11 is 1.30. The van der Waals surface area contributed by atoms with Crippen molar-refractivity contribution in [2.24, 2.45) is 0 Å². The van der Waals surface area contributed by atoms with E-state index in [0.717, 1.165) is 5.56 Å². The maximum absolute atomic E-state index is 12.5. The Bertz CT molecular complexity index is 1050. The molecule has 0 saturated heterocycles. The molecule has 0 bridgehead atoms. The molecule has 32 heavy (non-hydrogen) atoms. The van der Waals surface area contributed by atoms with Crippen molar-refractivity contribution in [1.82, 2.24) is 20.1 Å². The van der Waals surface area contributed by atoms with Gasteiger partial charge in [0.1, 0.15) is 11.6 Å². The maximum Gasteiger partial charge on any atom is 0.232 e. The van der Waals surface area contributed by atoms with E-state index >= 15 is 0 Å². The van der Waals surface area contributed by atoms with Crippen LogP contribution in [0.2, 0.25) is 0 Å². The maximum atomic E-state index is 12.5. The van der Waals surface area contributed by atoms with E-state index in [-0.39, 0.29) is 30.0 Å². The molecular weight excluding hydrogens is 426 g/mol. The minimum absolute atomic E-state index is 0.0792. The molecule has 0 aliphatic rings. The lowest BCUT2D eigenvalue weighted by Crippen LogP contribution is -2.28. The molecular formula is C23H27N5O3S. The van der Waals surface area contributed by atoms with Gasteiger partial charge in [-0.05, 0) is 31.5 Å². The predicted octanol–water partition coefficient (Wildman–Crippen LogP) is 3.46. The van der Waals surface area contributed by atoms with Crippen molar-refractivity contribution in [3.05, 3.63) is 66.0 Å². The quantitative estimate of drug-likeness (QED) is 0.456. The molecule has 2 aromatic carbocycles. The molecule has 1 aromatic heterocycles. The second-order valence-corrected chi connectivity index (χ2v) is 8.03. The van der Waals surface area contributed by atoms with Gasteiger partial charge in [-0.3, -0.25) is 9.59 Å². The summed E-state index contributed by atoms with van der Waals surface area (Å²) in [6.45, 7) is 4.50. The molecule has 0 aliphatic carbocycles. The van der Waals surface area contributed by atoms with E-state index in [9.17, 15) is 9.59 Å². The lowest BCUT2D eigenvalue weighted by molar-refractivity contribution is -0.119. The van der Waals surface area contributed by atoms with E-state index in [2.05, 4.69) is 20.8 Å². The number of anilines is 1. The highest BCUT2D eigenvalue weighted by atomic mass is 32.2. The highest BCUT2D eigenvalue weighted by molar-refractivity contribution is 7.99. The number of methoxy groups -OCH3 is 1. The van der Waals surface area contributed by atoms with E-state index < -0.39 is 0 Å². The van der Waals surface area contributed by atoms with Crippen molar-refractivity contribution in [2.75, 3.05) is 18.2 Å². The molecule has 0 radical (unpaired) electrons. The number of amides is 2. The Morgan fingerprint density at radius 2 is 1.88 bits per heavy atom. The zero-order valence-corrected chi connectivity index (χ0v) is 19.2. The van der Waals surface area contributed by atoms with Gasteiger partial charge in [-0.1, -0.05) is 48.2 Å². The van der Waals surface area contributed by atoms with Crippen molar-refractivity contribution in [3.8, 4) is 5.75 Å². The van der Waals surface area contributed by atoms with Crippen LogP contribution in [0.1, 0.15) is 31.3 Å². The number of nitrogens with one attached hydrogen (secondary N) is 2. The van der Waals surface area contributed by atoms with Crippen molar-refractivity contribution in [1.29, 1.82) is 0 Å². The van der Waals surface area contributed by atoms with Crippen LogP contribution in [0, 0.1) is 0 Å². The number of ether oxygens (including phenoxy) is 1. The molecule has 0 fully saturated rings. The highest BCUT2D eigenvalue weighted by Gasteiger charge is 2.17. The Morgan fingerprint density at radius 3 is 2.59 bits per heavy atom. The summed E-state index contributed by atoms with van der Waals surface area (Å²) in [6, 6.07) is 16.9. The second kappa shape index (κ2) is 11.3. The Balaban J connectivity index is 1.55. The summed E-state index contributed by atoms with van der Waals surface area (Å²) in [7, 11) is 1.58. The molecule has 9 heteroatoms. The SMILES string of the molecule is CCn1c(CC(=O)Nc2cccc(OC)c2)nnc1SCC(=O)NC(C)c1ccccc1. The number of carbonyl (C=O) groups excluding carboxylic acids is 2. The fourth-order valence-corrected chi connectivity index (χ4v) is 3.99. The first kappa shape index (κ1) is 23.3. The lowest BCUT2D eigenvalue weighted by Gasteiger charge is -2.14. The summed E-state index contributed by atoms with van der Waals surface area (Å²) < 4.78 is 7.03. The molecule has 1 heterocycles. The van der Waals surface area contributed by atoms with Crippen LogP contribution in [0.25, 0.3) is 0 Å². The van der Waals surface area contributed by atoms with Gasteiger partial charge in [0.05, 0.1) is 25.3 Å². The molecule has 1 atom stereocenters. The van der Waals surface area contributed by atoms with Gasteiger partial charge >= 0.3 is 0 Å². The number of aromatic nitrogens is 3. The Hall–Kier alpha value is -3.33. The minimum Gasteiger partial charge on any atom is -0.497 e. The summed E-state index contributed by atoms with van der Waals surface area (Å²) in [4.78, 5) is 24.9. The third kappa shape index (κ3) is 6.34. The topological polar surface area (TPSA) is 98.1 Å². The minimum atomic E-state index is -0.202. The van der Waals surface area contributed by atoms with Crippen molar-refractivity contribution in [3.63, 3.8) is 0 Å². The van der Waals surface area contributed by atoms with Crippen LogP contribution < -0.4 is 15.4 Å². The molecule has 3 aromatic rings. The van der Waals surface area contributed by atoms with Crippen LogP contribution in [0.15, 0.2) is 59.8 Å². The third-order valence-electron chi connectivity index (χ3n) is 4.79. The van der Waals surface area contributed by atoms with Gasteiger partial charge in [0, 0.05) is 18.3 Å². The van der Waals surface area contributed by atoms with Crippen LogP contribution in [0.3, 0.4) is 0 Å². The first-order valence-corrected chi connectivity index (χ1v) is 11.3. The average molecular weight is 454 g/mol. The van der Waals surface area contributed by atoms with Crippen LogP contribution in [-0.2, 0) is 22.6 Å². The molecule has 0 aliphatic heterocycles. The van der Waals surface area contributed by atoms with Gasteiger partial charge in [-0.15, -0.1) is 10.2 Å². The summed E-state index contributed by atoms with van der Waals surface area (Å²) in [5, 5.41) is 14.8.